The number of carbonyl (C=O) groups is 1. The number of rotatable bonds is 5. The molecule has 4 nitrogen and oxygen atoms in total. The zero-order chi connectivity index (χ0) is 20.6. The van der Waals surface area contributed by atoms with Crippen LogP contribution in [0.2, 0.25) is 0 Å². The van der Waals surface area contributed by atoms with Crippen LogP contribution >= 0.6 is 7.29 Å². The maximum Gasteiger partial charge on any atom is 0.241 e. The highest BCUT2D eigenvalue weighted by Gasteiger charge is 2.62. The fourth-order valence-corrected chi connectivity index (χ4v) is 6.97. The summed E-state index contributed by atoms with van der Waals surface area (Å²) in [5.74, 6) is -0.0253. The van der Waals surface area contributed by atoms with Gasteiger partial charge in [-0.1, -0.05) is 66.2 Å². The number of aryl methyl sites for hydroxylation is 1. The zero-order valence-corrected chi connectivity index (χ0v) is 17.8. The molecule has 1 aliphatic heterocycles. The molecule has 0 aromatic heterocycles. The van der Waals surface area contributed by atoms with Gasteiger partial charge in [0, 0.05) is 24.7 Å². The van der Waals surface area contributed by atoms with Crippen LogP contribution in [-0.4, -0.2) is 35.6 Å². The van der Waals surface area contributed by atoms with Crippen LogP contribution in [0.25, 0.3) is 0 Å². The molecule has 0 spiro atoms. The summed E-state index contributed by atoms with van der Waals surface area (Å²) in [7, 11) is 0.320. The third kappa shape index (κ3) is 3.43. The topological polar surface area (TPSA) is 40.4 Å². The maximum atomic E-state index is 14.7. The Labute approximate surface area is 172 Å². The summed E-state index contributed by atoms with van der Waals surface area (Å²) >= 11 is 0. The van der Waals surface area contributed by atoms with Gasteiger partial charge in [-0.05, 0) is 36.8 Å². The van der Waals surface area contributed by atoms with E-state index >= 15 is 0 Å². The van der Waals surface area contributed by atoms with Crippen molar-refractivity contribution in [3.8, 4) is 0 Å². The lowest BCUT2D eigenvalue weighted by Crippen LogP contribution is -2.30. The van der Waals surface area contributed by atoms with E-state index in [4.69, 9.17) is 0 Å². The van der Waals surface area contributed by atoms with Gasteiger partial charge in [0.2, 0.25) is 13.2 Å². The molecular weight excluding hydrogens is 379 g/mol. The molecule has 1 heterocycles. The molecule has 1 aliphatic rings. The molecule has 0 aliphatic carbocycles. The predicted octanol–water partition coefficient (Wildman–Crippen LogP) is 3.74. The second-order valence-corrected chi connectivity index (χ2v) is 10.3. The standard InChI is InChI=1S/C24H25N2O2P/c1-18-14-16-19(17-15-18)22-23(24(27)25(2)3)26(22)29(28,20-10-6-4-7-11-20)21-12-8-5-9-13-21/h4-17,22-23H,1-3H3. The average Bonchev–Trinajstić information content (AvgIpc) is 3.50. The Morgan fingerprint density at radius 2 is 1.31 bits per heavy atom. The second kappa shape index (κ2) is 7.62. The summed E-state index contributed by atoms with van der Waals surface area (Å²) in [4.78, 5) is 14.6. The highest BCUT2D eigenvalue weighted by atomic mass is 31.2. The van der Waals surface area contributed by atoms with Gasteiger partial charge in [-0.25, -0.2) is 4.67 Å². The first kappa shape index (κ1) is 19.6. The molecule has 148 valence electrons. The van der Waals surface area contributed by atoms with Crippen molar-refractivity contribution in [1.29, 1.82) is 0 Å². The molecule has 1 amide bonds. The Bertz CT molecular complexity index is 1010. The maximum absolute atomic E-state index is 14.7. The van der Waals surface area contributed by atoms with E-state index in [-0.39, 0.29) is 11.9 Å². The van der Waals surface area contributed by atoms with Crippen LogP contribution in [0.3, 0.4) is 0 Å². The largest absolute Gasteiger partial charge is 0.347 e. The van der Waals surface area contributed by atoms with Crippen molar-refractivity contribution in [2.45, 2.75) is 19.0 Å². The summed E-state index contributed by atoms with van der Waals surface area (Å²) in [6, 6.07) is 26.5. The first-order valence-corrected chi connectivity index (χ1v) is 11.4. The molecule has 5 heteroatoms. The normalized spacial score (nSPS) is 20.9. The van der Waals surface area contributed by atoms with Crippen molar-refractivity contribution in [3.05, 3.63) is 96.1 Å². The number of carbonyl (C=O) groups excluding carboxylic acids is 1. The number of hydrogen-bond acceptors (Lipinski definition) is 2. The van der Waals surface area contributed by atoms with Gasteiger partial charge in [-0.3, -0.25) is 9.36 Å². The van der Waals surface area contributed by atoms with Crippen LogP contribution in [0.5, 0.6) is 0 Å². The van der Waals surface area contributed by atoms with Crippen molar-refractivity contribution < 1.29 is 9.36 Å². The minimum absolute atomic E-state index is 0.0253. The van der Waals surface area contributed by atoms with Crippen LogP contribution in [0.1, 0.15) is 17.2 Å². The van der Waals surface area contributed by atoms with Gasteiger partial charge in [0.05, 0.1) is 6.04 Å². The predicted molar refractivity (Wildman–Crippen MR) is 118 cm³/mol. The summed E-state index contributed by atoms with van der Waals surface area (Å²) in [6.45, 7) is 2.04. The highest BCUT2D eigenvalue weighted by Crippen LogP contribution is 2.64. The molecule has 1 saturated heterocycles. The SMILES string of the molecule is Cc1ccc(C2C(C(=O)N(C)C)N2P(=O)(c2ccccc2)c2ccccc2)cc1. The van der Waals surface area contributed by atoms with Crippen LogP contribution in [0, 0.1) is 6.92 Å². The molecule has 0 saturated carbocycles. The third-order valence-corrected chi connectivity index (χ3v) is 8.57. The van der Waals surface area contributed by atoms with E-state index in [1.807, 2.05) is 96.5 Å². The molecule has 29 heavy (non-hydrogen) atoms. The molecule has 0 radical (unpaired) electrons. The van der Waals surface area contributed by atoms with Crippen LogP contribution in [0.15, 0.2) is 84.9 Å². The Balaban J connectivity index is 1.87. The van der Waals surface area contributed by atoms with Crippen molar-refractivity contribution in [2.75, 3.05) is 14.1 Å². The lowest BCUT2D eigenvalue weighted by atomic mass is 10.1. The van der Waals surface area contributed by atoms with E-state index in [1.165, 1.54) is 0 Å². The minimum atomic E-state index is -3.18. The van der Waals surface area contributed by atoms with Crippen molar-refractivity contribution in [1.82, 2.24) is 9.57 Å². The summed E-state index contributed by atoms with van der Waals surface area (Å²) in [6.07, 6.45) is 0. The highest BCUT2D eigenvalue weighted by molar-refractivity contribution is 7.76. The van der Waals surface area contributed by atoms with Gasteiger partial charge < -0.3 is 4.90 Å². The first-order chi connectivity index (χ1) is 13.9. The van der Waals surface area contributed by atoms with Crippen molar-refractivity contribution in [3.63, 3.8) is 0 Å². The molecule has 3 aromatic carbocycles. The molecule has 3 unspecified atom stereocenters. The molecular formula is C24H25N2O2P. The Kier molecular flexibility index (Phi) is 5.16. The van der Waals surface area contributed by atoms with Crippen LogP contribution in [0.4, 0.5) is 0 Å². The molecule has 1 fully saturated rings. The molecule has 3 aromatic rings. The van der Waals surface area contributed by atoms with E-state index in [0.717, 1.165) is 21.7 Å². The zero-order valence-electron chi connectivity index (χ0n) is 16.9. The van der Waals surface area contributed by atoms with Gasteiger partial charge in [0.15, 0.2) is 0 Å². The van der Waals surface area contributed by atoms with E-state index in [1.54, 1.807) is 19.0 Å². The van der Waals surface area contributed by atoms with Gasteiger partial charge >= 0.3 is 0 Å². The molecule has 0 bridgehead atoms. The summed E-state index contributed by atoms with van der Waals surface area (Å²) in [5.41, 5.74) is 2.17. The molecule has 0 N–H and O–H groups in total. The summed E-state index contributed by atoms with van der Waals surface area (Å²) in [5, 5.41) is 1.50. The number of amides is 1. The van der Waals surface area contributed by atoms with Gasteiger partial charge in [-0.15, -0.1) is 0 Å². The fraction of sp³-hybridized carbons (Fsp3) is 0.208. The smallest absolute Gasteiger partial charge is 0.241 e. The van der Waals surface area contributed by atoms with Crippen molar-refractivity contribution >= 4 is 23.8 Å². The lowest BCUT2D eigenvalue weighted by Gasteiger charge is -2.22. The van der Waals surface area contributed by atoms with Gasteiger partial charge in [0.25, 0.3) is 0 Å². The number of hydrogen-bond donors (Lipinski definition) is 0. The molecule has 3 atom stereocenters. The molecule has 4 rings (SSSR count). The van der Waals surface area contributed by atoms with Gasteiger partial charge in [0.1, 0.15) is 6.04 Å². The Hall–Kier alpha value is -2.68. The van der Waals surface area contributed by atoms with Crippen LogP contribution in [-0.2, 0) is 9.36 Å². The van der Waals surface area contributed by atoms with Crippen LogP contribution < -0.4 is 10.6 Å². The fourth-order valence-electron chi connectivity index (χ4n) is 3.86. The second-order valence-electron chi connectivity index (χ2n) is 7.66. The number of benzene rings is 3. The number of nitrogens with zero attached hydrogens (tertiary/aromatic N) is 2. The van der Waals surface area contributed by atoms with E-state index < -0.39 is 13.3 Å². The minimum Gasteiger partial charge on any atom is -0.347 e. The van der Waals surface area contributed by atoms with E-state index in [2.05, 4.69) is 0 Å². The quantitative estimate of drug-likeness (QED) is 0.481. The van der Waals surface area contributed by atoms with E-state index in [9.17, 15) is 9.36 Å². The Morgan fingerprint density at radius 1 is 0.828 bits per heavy atom. The third-order valence-electron chi connectivity index (χ3n) is 5.43. The van der Waals surface area contributed by atoms with Gasteiger partial charge in [-0.2, -0.15) is 0 Å². The average molecular weight is 404 g/mol. The lowest BCUT2D eigenvalue weighted by molar-refractivity contribution is -0.128. The van der Waals surface area contributed by atoms with Crippen molar-refractivity contribution in [2.24, 2.45) is 0 Å². The van der Waals surface area contributed by atoms with E-state index in [0.29, 0.717) is 0 Å². The first-order valence-electron chi connectivity index (χ1n) is 9.72. The summed E-state index contributed by atoms with van der Waals surface area (Å²) < 4.78 is 16.6. The Morgan fingerprint density at radius 3 is 1.76 bits per heavy atom. The number of likely N-dealkylation sites (N-methyl/N-ethyl adjacent to an activating group) is 1. The monoisotopic (exact) mass is 404 g/mol.